The van der Waals surface area contributed by atoms with Crippen LogP contribution in [0.2, 0.25) is 0 Å². The van der Waals surface area contributed by atoms with E-state index in [1.807, 2.05) is 12.4 Å². The summed E-state index contributed by atoms with van der Waals surface area (Å²) in [5.41, 5.74) is 0.579. The summed E-state index contributed by atoms with van der Waals surface area (Å²) in [7, 11) is 0. The predicted octanol–water partition coefficient (Wildman–Crippen LogP) is 5.82. The Morgan fingerprint density at radius 2 is 1.89 bits per heavy atom. The van der Waals surface area contributed by atoms with Gasteiger partial charge in [-0.25, -0.2) is 0 Å². The van der Waals surface area contributed by atoms with Crippen LogP contribution in [0.15, 0.2) is 12.4 Å². The molecule has 4 unspecified atom stereocenters. The number of nitrogens with zero attached hydrogens (tertiary/aromatic N) is 3. The van der Waals surface area contributed by atoms with E-state index in [-0.39, 0.29) is 0 Å². The van der Waals surface area contributed by atoms with Gasteiger partial charge in [0.2, 0.25) is 0 Å². The molecule has 0 aliphatic heterocycles. The van der Waals surface area contributed by atoms with Crippen molar-refractivity contribution < 1.29 is 0 Å². The first kappa shape index (κ1) is 18.2. The standard InChI is InChI=1S/C24H39N3/c1-16-4-6-19-18(14-16)5-7-21-20(19)10-11-24(3)22(8-9-23(21)24)17(2)15-27-13-12-25-26-27/h12-13,16-23H,4-11,14-15H2,1-3H3/t16-,17+,18?,19-,20?,21+,22?,23?,24+/m0/s1. The van der Waals surface area contributed by atoms with Crippen molar-refractivity contribution in [2.45, 2.75) is 85.1 Å². The summed E-state index contributed by atoms with van der Waals surface area (Å²) in [6.45, 7) is 8.70. The first-order valence-electron chi connectivity index (χ1n) is 11.9. The van der Waals surface area contributed by atoms with Gasteiger partial charge in [0.05, 0.1) is 6.20 Å². The lowest BCUT2D eigenvalue weighted by Gasteiger charge is -2.56. The summed E-state index contributed by atoms with van der Waals surface area (Å²) in [5, 5.41) is 8.25. The summed E-state index contributed by atoms with van der Waals surface area (Å²) in [4.78, 5) is 0. The Morgan fingerprint density at radius 1 is 1.04 bits per heavy atom. The lowest BCUT2D eigenvalue weighted by molar-refractivity contribution is -0.0737. The monoisotopic (exact) mass is 369 g/mol. The molecule has 3 heteroatoms. The fourth-order valence-corrected chi connectivity index (χ4v) is 8.82. The maximum atomic E-state index is 4.24. The largest absolute Gasteiger partial charge is 0.252 e. The van der Waals surface area contributed by atoms with Gasteiger partial charge >= 0.3 is 0 Å². The molecule has 0 saturated heterocycles. The smallest absolute Gasteiger partial charge is 0.0692 e. The highest BCUT2D eigenvalue weighted by molar-refractivity contribution is 5.06. The van der Waals surface area contributed by atoms with Crippen LogP contribution in [0.25, 0.3) is 0 Å². The number of hydrogen-bond donors (Lipinski definition) is 0. The molecular formula is C24H39N3. The normalized spacial score (nSPS) is 47.7. The maximum Gasteiger partial charge on any atom is 0.0692 e. The summed E-state index contributed by atoms with van der Waals surface area (Å²) < 4.78 is 2.06. The average Bonchev–Trinajstić information content (AvgIpc) is 3.28. The molecule has 0 spiro atoms. The molecule has 0 aromatic carbocycles. The highest BCUT2D eigenvalue weighted by Gasteiger charge is 2.57. The zero-order chi connectivity index (χ0) is 18.6. The second-order valence-corrected chi connectivity index (χ2v) is 11.2. The molecule has 1 heterocycles. The van der Waals surface area contributed by atoms with Crippen molar-refractivity contribution in [1.29, 1.82) is 0 Å². The van der Waals surface area contributed by atoms with Gasteiger partial charge < -0.3 is 0 Å². The minimum Gasteiger partial charge on any atom is -0.252 e. The predicted molar refractivity (Wildman–Crippen MR) is 109 cm³/mol. The summed E-state index contributed by atoms with van der Waals surface area (Å²) >= 11 is 0. The van der Waals surface area contributed by atoms with Crippen molar-refractivity contribution in [2.24, 2.45) is 52.8 Å². The average molecular weight is 370 g/mol. The molecule has 0 amide bonds. The van der Waals surface area contributed by atoms with E-state index >= 15 is 0 Å². The molecule has 0 N–H and O–H groups in total. The van der Waals surface area contributed by atoms with E-state index in [4.69, 9.17) is 0 Å². The molecule has 4 aliphatic rings. The Balaban J connectivity index is 1.32. The fraction of sp³-hybridized carbons (Fsp3) is 0.917. The summed E-state index contributed by atoms with van der Waals surface area (Å²) in [6.07, 6.45) is 17.5. The van der Waals surface area contributed by atoms with E-state index < -0.39 is 0 Å². The summed E-state index contributed by atoms with van der Waals surface area (Å²) in [5.74, 6) is 7.84. The van der Waals surface area contributed by atoms with Gasteiger partial charge in [-0.05, 0) is 104 Å². The van der Waals surface area contributed by atoms with Crippen LogP contribution < -0.4 is 0 Å². The molecule has 4 aliphatic carbocycles. The van der Waals surface area contributed by atoms with E-state index in [1.54, 1.807) is 19.3 Å². The third-order valence-electron chi connectivity index (χ3n) is 9.92. The first-order chi connectivity index (χ1) is 13.1. The lowest BCUT2D eigenvalue weighted by Crippen LogP contribution is -2.49. The Morgan fingerprint density at radius 3 is 2.70 bits per heavy atom. The molecule has 9 atom stereocenters. The van der Waals surface area contributed by atoms with Crippen molar-refractivity contribution in [3.63, 3.8) is 0 Å². The van der Waals surface area contributed by atoms with Crippen molar-refractivity contribution in [3.8, 4) is 0 Å². The van der Waals surface area contributed by atoms with Crippen molar-refractivity contribution in [3.05, 3.63) is 12.4 Å². The zero-order valence-electron chi connectivity index (χ0n) is 17.7. The van der Waals surface area contributed by atoms with Crippen LogP contribution in [0.4, 0.5) is 0 Å². The topological polar surface area (TPSA) is 30.7 Å². The van der Waals surface area contributed by atoms with Gasteiger partial charge in [0.25, 0.3) is 0 Å². The molecule has 1 aromatic heterocycles. The van der Waals surface area contributed by atoms with Gasteiger partial charge in [-0.2, -0.15) is 0 Å². The number of fused-ring (bicyclic) bond motifs is 5. The van der Waals surface area contributed by atoms with Crippen LogP contribution in [0.3, 0.4) is 0 Å². The molecule has 4 fully saturated rings. The third kappa shape index (κ3) is 2.99. The van der Waals surface area contributed by atoms with Gasteiger partial charge in [-0.3, -0.25) is 4.68 Å². The van der Waals surface area contributed by atoms with Gasteiger partial charge in [-0.1, -0.05) is 32.4 Å². The Labute approximate surface area is 165 Å². The SMILES string of the molecule is C[C@H]1CC[C@H]2C(CC[C@@H]3C2CC[C@@]2(C)C3CCC2[C@H](C)Cn2ccnn2)C1. The highest BCUT2D eigenvalue weighted by atomic mass is 15.4. The first-order valence-corrected chi connectivity index (χ1v) is 11.9. The zero-order valence-corrected chi connectivity index (χ0v) is 17.7. The molecule has 150 valence electrons. The van der Waals surface area contributed by atoms with Crippen molar-refractivity contribution >= 4 is 0 Å². The molecular weight excluding hydrogens is 330 g/mol. The van der Waals surface area contributed by atoms with E-state index in [0.717, 1.165) is 48.0 Å². The third-order valence-corrected chi connectivity index (χ3v) is 9.92. The molecule has 3 nitrogen and oxygen atoms in total. The van der Waals surface area contributed by atoms with E-state index in [9.17, 15) is 0 Å². The van der Waals surface area contributed by atoms with Crippen LogP contribution in [-0.2, 0) is 6.54 Å². The van der Waals surface area contributed by atoms with Gasteiger partial charge in [0.1, 0.15) is 0 Å². The molecule has 4 saturated carbocycles. The number of aromatic nitrogens is 3. The highest BCUT2D eigenvalue weighted by Crippen LogP contribution is 2.65. The van der Waals surface area contributed by atoms with Crippen LogP contribution in [0.5, 0.6) is 0 Å². The van der Waals surface area contributed by atoms with Gasteiger partial charge in [-0.15, -0.1) is 5.10 Å². The Hall–Kier alpha value is -0.860. The van der Waals surface area contributed by atoms with Crippen LogP contribution in [-0.4, -0.2) is 15.0 Å². The molecule has 1 aromatic rings. The van der Waals surface area contributed by atoms with Crippen molar-refractivity contribution in [2.75, 3.05) is 0 Å². The van der Waals surface area contributed by atoms with Crippen molar-refractivity contribution in [1.82, 2.24) is 15.0 Å². The number of hydrogen-bond acceptors (Lipinski definition) is 2. The van der Waals surface area contributed by atoms with Crippen LogP contribution >= 0.6 is 0 Å². The molecule has 0 radical (unpaired) electrons. The van der Waals surface area contributed by atoms with E-state index in [2.05, 4.69) is 35.8 Å². The van der Waals surface area contributed by atoms with E-state index in [0.29, 0.717) is 11.3 Å². The van der Waals surface area contributed by atoms with E-state index in [1.165, 1.54) is 38.5 Å². The maximum absolute atomic E-state index is 4.24. The minimum absolute atomic E-state index is 0.579. The summed E-state index contributed by atoms with van der Waals surface area (Å²) in [6, 6.07) is 0. The van der Waals surface area contributed by atoms with Crippen LogP contribution in [0.1, 0.15) is 78.6 Å². The Kier molecular flexibility index (Phi) is 4.64. The molecule has 5 rings (SSSR count). The quantitative estimate of drug-likeness (QED) is 0.672. The molecule has 0 bridgehead atoms. The minimum atomic E-state index is 0.579. The van der Waals surface area contributed by atoms with Crippen LogP contribution in [0, 0.1) is 52.8 Å². The Bertz CT molecular complexity index is 640. The molecule has 27 heavy (non-hydrogen) atoms. The van der Waals surface area contributed by atoms with Gasteiger partial charge in [0.15, 0.2) is 0 Å². The number of rotatable bonds is 3. The fourth-order valence-electron chi connectivity index (χ4n) is 8.82. The lowest BCUT2D eigenvalue weighted by atomic mass is 9.49. The second kappa shape index (κ2) is 6.88. The van der Waals surface area contributed by atoms with Gasteiger partial charge in [0, 0.05) is 12.7 Å². The second-order valence-electron chi connectivity index (χ2n) is 11.2.